The van der Waals surface area contributed by atoms with Crippen molar-refractivity contribution in [2.45, 2.75) is 5.75 Å². The highest BCUT2D eigenvalue weighted by Crippen LogP contribution is 2.24. The van der Waals surface area contributed by atoms with E-state index in [-0.39, 0.29) is 11.3 Å². The van der Waals surface area contributed by atoms with Crippen LogP contribution in [0.2, 0.25) is 0 Å². The van der Waals surface area contributed by atoms with Gasteiger partial charge < -0.3 is 9.84 Å². The summed E-state index contributed by atoms with van der Waals surface area (Å²) in [5, 5.41) is 9.26. The normalized spacial score (nSPS) is 11.3. The number of phenols is 1. The van der Waals surface area contributed by atoms with Crippen molar-refractivity contribution >= 4 is 10.1 Å². The molecule has 0 saturated heterocycles. The van der Waals surface area contributed by atoms with Gasteiger partial charge in [0.1, 0.15) is 17.3 Å². The number of hydrogen-bond acceptors (Lipinski definition) is 4. The maximum Gasteiger partial charge on any atom is 0.269 e. The fraction of sp³-hybridized carbons (Fsp3) is 0.250. The van der Waals surface area contributed by atoms with E-state index in [1.807, 2.05) is 0 Å². The molecule has 0 saturated carbocycles. The summed E-state index contributed by atoms with van der Waals surface area (Å²) in [6.45, 7) is 0. The monoisotopic (exact) mass is 218 g/mol. The van der Waals surface area contributed by atoms with Gasteiger partial charge in [0.25, 0.3) is 10.1 Å². The third kappa shape index (κ3) is 2.90. The molecule has 0 heterocycles. The van der Waals surface area contributed by atoms with Gasteiger partial charge in [0, 0.05) is 5.56 Å². The molecular weight excluding hydrogens is 208 g/mol. The summed E-state index contributed by atoms with van der Waals surface area (Å²) in [4.78, 5) is 0. The first-order chi connectivity index (χ1) is 6.42. The third-order valence-corrected chi connectivity index (χ3v) is 2.30. The van der Waals surface area contributed by atoms with Gasteiger partial charge in [-0.3, -0.25) is 4.55 Å². The Balaban J connectivity index is 3.07. The Kier molecular flexibility index (Phi) is 2.97. The smallest absolute Gasteiger partial charge is 0.269 e. The van der Waals surface area contributed by atoms with Gasteiger partial charge >= 0.3 is 0 Å². The minimum atomic E-state index is -4.14. The van der Waals surface area contributed by atoms with Crippen molar-refractivity contribution in [2.75, 3.05) is 7.11 Å². The molecule has 0 aromatic heterocycles. The van der Waals surface area contributed by atoms with Crippen molar-refractivity contribution in [3.8, 4) is 11.5 Å². The van der Waals surface area contributed by atoms with Gasteiger partial charge in [-0.15, -0.1) is 0 Å². The van der Waals surface area contributed by atoms with E-state index in [1.54, 1.807) is 0 Å². The zero-order valence-corrected chi connectivity index (χ0v) is 8.28. The van der Waals surface area contributed by atoms with Gasteiger partial charge in [0.05, 0.1) is 7.11 Å². The molecule has 6 heteroatoms. The van der Waals surface area contributed by atoms with Crippen molar-refractivity contribution in [2.24, 2.45) is 0 Å². The first kappa shape index (κ1) is 10.8. The largest absolute Gasteiger partial charge is 0.508 e. The predicted octanol–water partition coefficient (Wildman–Crippen LogP) is 0.789. The molecule has 14 heavy (non-hydrogen) atoms. The second-order valence-electron chi connectivity index (χ2n) is 2.72. The van der Waals surface area contributed by atoms with Crippen LogP contribution >= 0.6 is 0 Å². The quantitative estimate of drug-likeness (QED) is 0.733. The van der Waals surface area contributed by atoms with Crippen molar-refractivity contribution in [1.82, 2.24) is 0 Å². The Labute approximate surface area is 81.7 Å². The number of ether oxygens (including phenoxy) is 1. The van der Waals surface area contributed by atoms with Crippen molar-refractivity contribution in [1.29, 1.82) is 0 Å². The molecule has 0 spiro atoms. The number of methoxy groups -OCH3 is 1. The maximum absolute atomic E-state index is 10.6. The van der Waals surface area contributed by atoms with E-state index in [9.17, 15) is 13.5 Å². The highest BCUT2D eigenvalue weighted by Gasteiger charge is 2.11. The molecule has 2 N–H and O–H groups in total. The molecule has 0 amide bonds. The summed E-state index contributed by atoms with van der Waals surface area (Å²) in [6, 6.07) is 4.14. The number of benzene rings is 1. The number of hydrogen-bond donors (Lipinski definition) is 2. The Hall–Kier alpha value is -1.27. The molecular formula is C8H10O5S. The average molecular weight is 218 g/mol. The molecule has 0 bridgehead atoms. The van der Waals surface area contributed by atoms with Crippen LogP contribution in [0.4, 0.5) is 0 Å². The van der Waals surface area contributed by atoms with E-state index in [2.05, 4.69) is 0 Å². The van der Waals surface area contributed by atoms with Crippen LogP contribution in [0.3, 0.4) is 0 Å². The van der Waals surface area contributed by atoms with Gasteiger partial charge in [0.15, 0.2) is 0 Å². The highest BCUT2D eigenvalue weighted by molar-refractivity contribution is 7.85. The summed E-state index contributed by atoms with van der Waals surface area (Å²) in [5.74, 6) is -0.402. The maximum atomic E-state index is 10.6. The van der Waals surface area contributed by atoms with E-state index in [0.29, 0.717) is 5.75 Å². The Morgan fingerprint density at radius 3 is 2.57 bits per heavy atom. The summed E-state index contributed by atoms with van der Waals surface area (Å²) < 4.78 is 34.5. The molecule has 1 rings (SSSR count). The van der Waals surface area contributed by atoms with Crippen LogP contribution in [0.5, 0.6) is 11.5 Å². The van der Waals surface area contributed by atoms with Crippen LogP contribution in [-0.4, -0.2) is 25.2 Å². The van der Waals surface area contributed by atoms with Crippen LogP contribution in [0.1, 0.15) is 5.56 Å². The average Bonchev–Trinajstić information content (AvgIpc) is 2.06. The fourth-order valence-electron chi connectivity index (χ4n) is 1.00. The molecule has 0 aliphatic heterocycles. The van der Waals surface area contributed by atoms with Crippen LogP contribution in [-0.2, 0) is 15.9 Å². The molecule has 78 valence electrons. The molecule has 1 aromatic rings. The lowest BCUT2D eigenvalue weighted by atomic mass is 10.2. The summed E-state index contributed by atoms with van der Waals surface area (Å²) >= 11 is 0. The topological polar surface area (TPSA) is 83.8 Å². The van der Waals surface area contributed by atoms with Gasteiger partial charge in [-0.05, 0) is 18.2 Å². The number of aromatic hydroxyl groups is 1. The number of phenolic OH excluding ortho intramolecular Hbond substituents is 1. The Morgan fingerprint density at radius 2 is 2.07 bits per heavy atom. The lowest BCUT2D eigenvalue weighted by Crippen LogP contribution is -2.02. The standard InChI is InChI=1S/C8H10O5S/c1-13-7-2-3-8(9)6(4-7)5-14(10,11)12/h2-4,9H,5H2,1H3,(H,10,11,12). The van der Waals surface area contributed by atoms with Gasteiger partial charge in [0.2, 0.25) is 0 Å². The van der Waals surface area contributed by atoms with Gasteiger partial charge in [-0.25, -0.2) is 0 Å². The number of rotatable bonds is 3. The van der Waals surface area contributed by atoms with E-state index in [4.69, 9.17) is 9.29 Å². The molecule has 1 aromatic carbocycles. The molecule has 0 unspecified atom stereocenters. The van der Waals surface area contributed by atoms with E-state index >= 15 is 0 Å². The predicted molar refractivity (Wildman–Crippen MR) is 49.9 cm³/mol. The summed E-state index contributed by atoms with van der Waals surface area (Å²) in [6.07, 6.45) is 0. The summed E-state index contributed by atoms with van der Waals surface area (Å²) in [7, 11) is -2.72. The minimum Gasteiger partial charge on any atom is -0.508 e. The third-order valence-electron chi connectivity index (χ3n) is 1.62. The Bertz CT molecular complexity index is 423. The van der Waals surface area contributed by atoms with Gasteiger partial charge in [-0.2, -0.15) is 8.42 Å². The lowest BCUT2D eigenvalue weighted by Gasteiger charge is -2.05. The van der Waals surface area contributed by atoms with E-state index in [0.717, 1.165) is 0 Å². The lowest BCUT2D eigenvalue weighted by molar-refractivity contribution is 0.411. The zero-order chi connectivity index (χ0) is 10.8. The van der Waals surface area contributed by atoms with E-state index < -0.39 is 15.9 Å². The van der Waals surface area contributed by atoms with Crippen LogP contribution < -0.4 is 4.74 Å². The highest BCUT2D eigenvalue weighted by atomic mass is 32.2. The molecule has 0 radical (unpaired) electrons. The molecule has 0 aliphatic rings. The minimum absolute atomic E-state index is 0.104. The molecule has 0 aliphatic carbocycles. The van der Waals surface area contributed by atoms with Crippen LogP contribution in [0.15, 0.2) is 18.2 Å². The SMILES string of the molecule is COc1ccc(O)c(CS(=O)(=O)O)c1. The van der Waals surface area contributed by atoms with Crippen LogP contribution in [0, 0.1) is 0 Å². The Morgan fingerprint density at radius 1 is 1.43 bits per heavy atom. The van der Waals surface area contributed by atoms with Crippen molar-refractivity contribution in [3.05, 3.63) is 23.8 Å². The van der Waals surface area contributed by atoms with Gasteiger partial charge in [-0.1, -0.05) is 0 Å². The molecule has 0 atom stereocenters. The fourth-order valence-corrected chi connectivity index (χ4v) is 1.63. The second-order valence-corrected chi connectivity index (χ2v) is 4.17. The molecule has 0 fully saturated rings. The van der Waals surface area contributed by atoms with E-state index in [1.165, 1.54) is 25.3 Å². The first-order valence-electron chi connectivity index (χ1n) is 3.73. The molecule has 5 nitrogen and oxygen atoms in total. The van der Waals surface area contributed by atoms with Crippen molar-refractivity contribution in [3.63, 3.8) is 0 Å². The zero-order valence-electron chi connectivity index (χ0n) is 7.47. The summed E-state index contributed by atoms with van der Waals surface area (Å²) in [5.41, 5.74) is 0.104. The van der Waals surface area contributed by atoms with Crippen LogP contribution in [0.25, 0.3) is 0 Å². The first-order valence-corrected chi connectivity index (χ1v) is 5.34. The second kappa shape index (κ2) is 3.85. The van der Waals surface area contributed by atoms with Crippen molar-refractivity contribution < 1.29 is 22.8 Å².